The Morgan fingerprint density at radius 3 is 3.00 bits per heavy atom. The Morgan fingerprint density at radius 1 is 1.53 bits per heavy atom. The van der Waals surface area contributed by atoms with Crippen LogP contribution in [0.15, 0.2) is 29.2 Å². The summed E-state index contributed by atoms with van der Waals surface area (Å²) in [4.78, 5) is 17.0. The average Bonchev–Trinajstić information content (AvgIpc) is 2.79. The Kier molecular flexibility index (Phi) is 4.68. The average molecular weight is 315 g/mol. The molecule has 0 aliphatic heterocycles. The van der Waals surface area contributed by atoms with E-state index in [1.165, 1.54) is 7.11 Å². The first-order chi connectivity index (χ1) is 9.13. The maximum atomic E-state index is 11.4. The van der Waals surface area contributed by atoms with Gasteiger partial charge in [-0.1, -0.05) is 29.0 Å². The van der Waals surface area contributed by atoms with Crippen molar-refractivity contribution in [2.45, 2.75) is 4.90 Å². The molecule has 0 saturated heterocycles. The molecule has 1 aromatic heterocycles. The lowest BCUT2D eigenvalue weighted by atomic mass is 10.3. The van der Waals surface area contributed by atoms with E-state index in [2.05, 4.69) is 15.0 Å². The summed E-state index contributed by atoms with van der Waals surface area (Å²) in [7, 11) is 1.31. The van der Waals surface area contributed by atoms with Gasteiger partial charge in [-0.3, -0.25) is 0 Å². The number of methoxy groups -OCH3 is 1. The normalized spacial score (nSPS) is 10.3. The summed E-state index contributed by atoms with van der Waals surface area (Å²) in [5.74, 6) is -0.478. The fraction of sp³-hybridized carbons (Fsp3) is 0.167. The molecule has 0 unspecified atom stereocenters. The highest BCUT2D eigenvalue weighted by atomic mass is 35.5. The van der Waals surface area contributed by atoms with Gasteiger partial charge >= 0.3 is 5.97 Å². The minimum Gasteiger partial charge on any atom is -0.465 e. The molecule has 0 aliphatic rings. The van der Waals surface area contributed by atoms with Crippen molar-refractivity contribution in [1.29, 1.82) is 0 Å². The molecule has 1 heterocycles. The molecular formula is C12H11ClN2O2S2. The van der Waals surface area contributed by atoms with Crippen LogP contribution < -0.4 is 5.32 Å². The van der Waals surface area contributed by atoms with Gasteiger partial charge in [0.2, 0.25) is 0 Å². The fourth-order valence-electron chi connectivity index (χ4n) is 1.40. The van der Waals surface area contributed by atoms with Crippen molar-refractivity contribution in [3.63, 3.8) is 0 Å². The number of rotatable bonds is 4. The third kappa shape index (κ3) is 3.40. The maximum Gasteiger partial charge on any atom is 0.351 e. The number of thioether (sulfide) groups is 1. The smallest absolute Gasteiger partial charge is 0.351 e. The molecule has 19 heavy (non-hydrogen) atoms. The highest BCUT2D eigenvalue weighted by Gasteiger charge is 2.17. The number of benzene rings is 1. The van der Waals surface area contributed by atoms with Crippen molar-refractivity contribution in [3.05, 3.63) is 34.3 Å². The van der Waals surface area contributed by atoms with Gasteiger partial charge in [0.05, 0.1) is 7.11 Å². The van der Waals surface area contributed by atoms with Crippen LogP contribution in [0.2, 0.25) is 5.15 Å². The first-order valence-electron chi connectivity index (χ1n) is 5.29. The molecule has 1 N–H and O–H groups in total. The van der Waals surface area contributed by atoms with Crippen molar-refractivity contribution < 1.29 is 9.53 Å². The van der Waals surface area contributed by atoms with Gasteiger partial charge in [0, 0.05) is 10.6 Å². The predicted octanol–water partition coefficient (Wildman–Crippen LogP) is 4.05. The van der Waals surface area contributed by atoms with Crippen LogP contribution in [0.4, 0.5) is 10.8 Å². The van der Waals surface area contributed by atoms with Gasteiger partial charge < -0.3 is 10.1 Å². The van der Waals surface area contributed by atoms with E-state index in [1.54, 1.807) is 11.8 Å². The van der Waals surface area contributed by atoms with Crippen LogP contribution in [0.1, 0.15) is 9.67 Å². The van der Waals surface area contributed by atoms with E-state index in [0.29, 0.717) is 10.0 Å². The number of aromatic nitrogens is 1. The van der Waals surface area contributed by atoms with E-state index < -0.39 is 5.97 Å². The summed E-state index contributed by atoms with van der Waals surface area (Å²) >= 11 is 8.72. The molecule has 4 nitrogen and oxygen atoms in total. The molecule has 0 atom stereocenters. The third-order valence-electron chi connectivity index (χ3n) is 2.28. The topological polar surface area (TPSA) is 51.2 Å². The first-order valence-corrected chi connectivity index (χ1v) is 7.71. The second kappa shape index (κ2) is 6.27. The highest BCUT2D eigenvalue weighted by molar-refractivity contribution is 7.98. The summed E-state index contributed by atoms with van der Waals surface area (Å²) in [6, 6.07) is 7.89. The Labute approximate surface area is 124 Å². The molecule has 2 aromatic rings. The minimum atomic E-state index is -0.478. The molecule has 2 rings (SSSR count). The van der Waals surface area contributed by atoms with E-state index in [1.807, 2.05) is 30.5 Å². The number of thiazole rings is 1. The van der Waals surface area contributed by atoms with Gasteiger partial charge in [-0.2, -0.15) is 0 Å². The summed E-state index contributed by atoms with van der Waals surface area (Å²) < 4.78 is 4.63. The SMILES string of the molecule is COC(=O)c1sc(Nc2cccc(SC)c2)nc1Cl. The van der Waals surface area contributed by atoms with Gasteiger partial charge in [0.15, 0.2) is 15.2 Å². The van der Waals surface area contributed by atoms with Crippen molar-refractivity contribution >= 4 is 51.5 Å². The molecule has 100 valence electrons. The molecule has 0 bridgehead atoms. The largest absolute Gasteiger partial charge is 0.465 e. The second-order valence-electron chi connectivity index (χ2n) is 3.49. The van der Waals surface area contributed by atoms with Crippen molar-refractivity contribution in [1.82, 2.24) is 4.98 Å². The Hall–Kier alpha value is -1.24. The molecule has 0 radical (unpaired) electrons. The second-order valence-corrected chi connectivity index (χ2v) is 5.72. The zero-order valence-electron chi connectivity index (χ0n) is 10.3. The number of carbonyl (C=O) groups excluding carboxylic acids is 1. The third-order valence-corrected chi connectivity index (χ3v) is 4.34. The quantitative estimate of drug-likeness (QED) is 0.681. The summed E-state index contributed by atoms with van der Waals surface area (Å²) in [5.41, 5.74) is 0.897. The van der Waals surface area contributed by atoms with Crippen LogP contribution in [0, 0.1) is 0 Å². The van der Waals surface area contributed by atoms with Crippen LogP contribution in [0.5, 0.6) is 0 Å². The zero-order chi connectivity index (χ0) is 13.8. The van der Waals surface area contributed by atoms with E-state index in [0.717, 1.165) is 21.9 Å². The van der Waals surface area contributed by atoms with Crippen molar-refractivity contribution in [2.75, 3.05) is 18.7 Å². The van der Waals surface area contributed by atoms with Crippen LogP contribution in [0.25, 0.3) is 0 Å². The van der Waals surface area contributed by atoms with Crippen molar-refractivity contribution in [3.8, 4) is 0 Å². The first kappa shape index (κ1) is 14.2. The maximum absolute atomic E-state index is 11.4. The number of nitrogens with one attached hydrogen (secondary N) is 1. The van der Waals surface area contributed by atoms with E-state index >= 15 is 0 Å². The number of halogens is 1. The Morgan fingerprint density at radius 2 is 2.32 bits per heavy atom. The van der Waals surface area contributed by atoms with Crippen LogP contribution in [0.3, 0.4) is 0 Å². The van der Waals surface area contributed by atoms with Gasteiger partial charge in [0.1, 0.15) is 0 Å². The molecule has 7 heteroatoms. The fourth-order valence-corrected chi connectivity index (χ4v) is 2.98. The molecule has 0 fully saturated rings. The van der Waals surface area contributed by atoms with Crippen LogP contribution in [-0.2, 0) is 4.74 Å². The number of anilines is 2. The van der Waals surface area contributed by atoms with E-state index in [9.17, 15) is 4.79 Å². The van der Waals surface area contributed by atoms with Gasteiger partial charge in [-0.05, 0) is 24.5 Å². The predicted molar refractivity (Wildman–Crippen MR) is 80.0 cm³/mol. The summed E-state index contributed by atoms with van der Waals surface area (Å²) in [6.45, 7) is 0. The summed E-state index contributed by atoms with van der Waals surface area (Å²) in [5, 5.41) is 3.83. The molecule has 0 saturated carbocycles. The number of carbonyl (C=O) groups is 1. The molecular weight excluding hydrogens is 304 g/mol. The Balaban J connectivity index is 2.21. The number of ether oxygens (including phenoxy) is 1. The zero-order valence-corrected chi connectivity index (χ0v) is 12.7. The minimum absolute atomic E-state index is 0.153. The number of esters is 1. The number of hydrogen-bond acceptors (Lipinski definition) is 6. The molecule has 1 aromatic carbocycles. The lowest BCUT2D eigenvalue weighted by Gasteiger charge is -2.03. The highest BCUT2D eigenvalue weighted by Crippen LogP contribution is 2.30. The standard InChI is InChI=1S/C12H11ClN2O2S2/c1-17-11(16)9-10(13)15-12(19-9)14-7-4-3-5-8(6-7)18-2/h3-6H,1-2H3,(H,14,15). The monoisotopic (exact) mass is 314 g/mol. The molecule has 0 aliphatic carbocycles. The van der Waals surface area contributed by atoms with Crippen molar-refractivity contribution in [2.24, 2.45) is 0 Å². The lowest BCUT2D eigenvalue weighted by Crippen LogP contribution is -1.98. The summed E-state index contributed by atoms with van der Waals surface area (Å²) in [6.07, 6.45) is 2.01. The van der Waals surface area contributed by atoms with Gasteiger partial charge in [-0.25, -0.2) is 9.78 Å². The van der Waals surface area contributed by atoms with Gasteiger partial charge in [-0.15, -0.1) is 11.8 Å². The van der Waals surface area contributed by atoms with E-state index in [-0.39, 0.29) is 5.15 Å². The lowest BCUT2D eigenvalue weighted by molar-refractivity contribution is 0.0606. The molecule has 0 spiro atoms. The van der Waals surface area contributed by atoms with Crippen LogP contribution >= 0.6 is 34.7 Å². The number of nitrogens with zero attached hydrogens (tertiary/aromatic N) is 1. The Bertz CT molecular complexity index is 601. The van der Waals surface area contributed by atoms with Gasteiger partial charge in [0.25, 0.3) is 0 Å². The van der Waals surface area contributed by atoms with E-state index in [4.69, 9.17) is 11.6 Å². The number of hydrogen-bond donors (Lipinski definition) is 1. The van der Waals surface area contributed by atoms with Crippen LogP contribution in [-0.4, -0.2) is 24.3 Å². The molecule has 0 amide bonds.